The van der Waals surface area contributed by atoms with Gasteiger partial charge in [-0.3, -0.25) is 10.1 Å². The van der Waals surface area contributed by atoms with Gasteiger partial charge < -0.3 is 4.74 Å². The van der Waals surface area contributed by atoms with Gasteiger partial charge in [0.25, 0.3) is 5.69 Å². The Morgan fingerprint density at radius 1 is 1.24 bits per heavy atom. The molecule has 0 bridgehead atoms. The predicted octanol–water partition coefficient (Wildman–Crippen LogP) is 4.52. The summed E-state index contributed by atoms with van der Waals surface area (Å²) in [6.45, 7) is 0. The summed E-state index contributed by atoms with van der Waals surface area (Å²) >= 11 is 6.38. The van der Waals surface area contributed by atoms with E-state index in [9.17, 15) is 10.1 Å². The molecule has 0 aliphatic carbocycles. The number of aryl methyl sites for hydroxylation is 1. The molecule has 0 heterocycles. The van der Waals surface area contributed by atoms with Gasteiger partial charge in [0.1, 0.15) is 5.75 Å². The number of alkyl halides is 1. The summed E-state index contributed by atoms with van der Waals surface area (Å²) in [7, 11) is 1.56. The molecular weight excluding hydrogens is 290 g/mol. The summed E-state index contributed by atoms with van der Waals surface area (Å²) in [5, 5.41) is 10.7. The van der Waals surface area contributed by atoms with Crippen molar-refractivity contribution in [2.45, 2.75) is 18.2 Å². The number of hydrogen-bond acceptors (Lipinski definition) is 3. The minimum absolute atomic E-state index is 0.0663. The van der Waals surface area contributed by atoms with Crippen LogP contribution in [0.1, 0.15) is 22.9 Å². The largest absolute Gasteiger partial charge is 0.496 e. The van der Waals surface area contributed by atoms with Crippen molar-refractivity contribution in [2.75, 3.05) is 7.11 Å². The van der Waals surface area contributed by atoms with Crippen LogP contribution >= 0.6 is 11.6 Å². The van der Waals surface area contributed by atoms with Gasteiger partial charge in [0.15, 0.2) is 0 Å². The molecule has 0 aliphatic heterocycles. The molecule has 0 spiro atoms. The lowest BCUT2D eigenvalue weighted by atomic mass is 10.0. The first-order valence-corrected chi connectivity index (χ1v) is 7.05. The van der Waals surface area contributed by atoms with Crippen LogP contribution in [0.2, 0.25) is 0 Å². The molecule has 1 atom stereocenters. The van der Waals surface area contributed by atoms with Gasteiger partial charge >= 0.3 is 0 Å². The van der Waals surface area contributed by atoms with Crippen molar-refractivity contribution in [3.05, 3.63) is 69.8 Å². The summed E-state index contributed by atoms with van der Waals surface area (Å²) in [6.07, 6.45) is 1.30. The van der Waals surface area contributed by atoms with E-state index in [4.69, 9.17) is 16.3 Å². The SMILES string of the molecule is COc1ccc([N+](=O)[O-])cc1CCC(Cl)c1ccccc1. The second kappa shape index (κ2) is 7.09. The smallest absolute Gasteiger partial charge is 0.269 e. The molecule has 0 N–H and O–H groups in total. The van der Waals surface area contributed by atoms with Gasteiger partial charge in [-0.15, -0.1) is 11.6 Å². The van der Waals surface area contributed by atoms with E-state index in [2.05, 4.69) is 0 Å². The van der Waals surface area contributed by atoms with Crippen molar-refractivity contribution in [3.63, 3.8) is 0 Å². The van der Waals surface area contributed by atoms with Crippen molar-refractivity contribution >= 4 is 17.3 Å². The van der Waals surface area contributed by atoms with Crippen LogP contribution in [0.25, 0.3) is 0 Å². The van der Waals surface area contributed by atoms with Crippen LogP contribution in [0.5, 0.6) is 5.75 Å². The van der Waals surface area contributed by atoms with Crippen LogP contribution < -0.4 is 4.74 Å². The lowest BCUT2D eigenvalue weighted by molar-refractivity contribution is -0.384. The second-order valence-electron chi connectivity index (χ2n) is 4.67. The van der Waals surface area contributed by atoms with E-state index < -0.39 is 4.92 Å². The molecule has 0 radical (unpaired) electrons. The van der Waals surface area contributed by atoms with Gasteiger partial charge in [0.05, 0.1) is 17.4 Å². The summed E-state index contributed by atoms with van der Waals surface area (Å²) in [5.74, 6) is 0.650. The van der Waals surface area contributed by atoms with E-state index in [0.717, 1.165) is 11.1 Å². The highest BCUT2D eigenvalue weighted by atomic mass is 35.5. The number of methoxy groups -OCH3 is 1. The van der Waals surface area contributed by atoms with Gasteiger partial charge in [0.2, 0.25) is 0 Å². The molecule has 1 unspecified atom stereocenters. The number of nitro groups is 1. The third-order valence-electron chi connectivity index (χ3n) is 3.30. The number of nitrogens with zero attached hydrogens (tertiary/aromatic N) is 1. The number of non-ortho nitro benzene ring substituents is 1. The molecule has 21 heavy (non-hydrogen) atoms. The highest BCUT2D eigenvalue weighted by Crippen LogP contribution is 2.30. The number of rotatable bonds is 6. The Labute approximate surface area is 128 Å². The minimum Gasteiger partial charge on any atom is -0.496 e. The van der Waals surface area contributed by atoms with Crippen molar-refractivity contribution in [1.82, 2.24) is 0 Å². The van der Waals surface area contributed by atoms with Crippen molar-refractivity contribution in [1.29, 1.82) is 0 Å². The third kappa shape index (κ3) is 3.95. The number of ether oxygens (including phenoxy) is 1. The molecule has 5 heteroatoms. The third-order valence-corrected chi connectivity index (χ3v) is 3.77. The van der Waals surface area contributed by atoms with Gasteiger partial charge in [-0.25, -0.2) is 0 Å². The molecule has 0 amide bonds. The summed E-state index contributed by atoms with van der Waals surface area (Å²) in [5.41, 5.74) is 1.91. The Bertz CT molecular complexity index is 616. The Morgan fingerprint density at radius 2 is 1.95 bits per heavy atom. The van der Waals surface area contributed by atoms with E-state index in [1.54, 1.807) is 19.2 Å². The molecule has 2 aromatic rings. The molecular formula is C16H16ClNO3. The monoisotopic (exact) mass is 305 g/mol. The summed E-state index contributed by atoms with van der Waals surface area (Å²) in [4.78, 5) is 10.4. The molecule has 2 rings (SSSR count). The fourth-order valence-electron chi connectivity index (χ4n) is 2.18. The lowest BCUT2D eigenvalue weighted by Gasteiger charge is -2.12. The first kappa shape index (κ1) is 15.3. The molecule has 0 saturated heterocycles. The standard InChI is InChI=1S/C16H16ClNO3/c1-21-16-10-8-14(18(19)20)11-13(16)7-9-15(17)12-5-3-2-4-6-12/h2-6,8,10-11,15H,7,9H2,1H3. The molecule has 0 aliphatic rings. The normalized spacial score (nSPS) is 11.9. The predicted molar refractivity (Wildman–Crippen MR) is 83.0 cm³/mol. The zero-order chi connectivity index (χ0) is 15.2. The van der Waals surface area contributed by atoms with Gasteiger partial charge in [-0.1, -0.05) is 30.3 Å². The van der Waals surface area contributed by atoms with Crippen LogP contribution in [0.15, 0.2) is 48.5 Å². The molecule has 4 nitrogen and oxygen atoms in total. The second-order valence-corrected chi connectivity index (χ2v) is 5.20. The molecule has 0 saturated carbocycles. The lowest BCUT2D eigenvalue weighted by Crippen LogP contribution is -1.98. The van der Waals surface area contributed by atoms with Crippen molar-refractivity contribution < 1.29 is 9.66 Å². The Hall–Kier alpha value is -2.07. The Balaban J connectivity index is 2.11. The first-order valence-electron chi connectivity index (χ1n) is 6.62. The fraction of sp³-hybridized carbons (Fsp3) is 0.250. The molecule has 0 aromatic heterocycles. The fourth-order valence-corrected chi connectivity index (χ4v) is 2.44. The van der Waals surface area contributed by atoms with Crippen molar-refractivity contribution in [3.8, 4) is 5.75 Å². The highest BCUT2D eigenvalue weighted by Gasteiger charge is 2.14. The average Bonchev–Trinajstić information content (AvgIpc) is 2.53. The van der Waals surface area contributed by atoms with E-state index in [0.29, 0.717) is 18.6 Å². The quantitative estimate of drug-likeness (QED) is 0.448. The van der Waals surface area contributed by atoms with Crippen LogP contribution in [-0.2, 0) is 6.42 Å². The van der Waals surface area contributed by atoms with Crippen LogP contribution in [0, 0.1) is 10.1 Å². The minimum atomic E-state index is -0.404. The molecule has 0 fully saturated rings. The van der Waals surface area contributed by atoms with E-state index in [1.807, 2.05) is 30.3 Å². The Kier molecular flexibility index (Phi) is 5.17. The number of nitro benzene ring substituents is 1. The van der Waals surface area contributed by atoms with E-state index in [-0.39, 0.29) is 11.1 Å². The maximum atomic E-state index is 10.9. The highest BCUT2D eigenvalue weighted by molar-refractivity contribution is 6.20. The zero-order valence-corrected chi connectivity index (χ0v) is 12.4. The van der Waals surface area contributed by atoms with E-state index >= 15 is 0 Å². The summed E-state index contributed by atoms with van der Waals surface area (Å²) in [6, 6.07) is 14.4. The maximum Gasteiger partial charge on any atom is 0.269 e. The topological polar surface area (TPSA) is 52.4 Å². The average molecular weight is 306 g/mol. The maximum absolute atomic E-state index is 10.9. The van der Waals surface area contributed by atoms with Gasteiger partial charge in [-0.2, -0.15) is 0 Å². The van der Waals surface area contributed by atoms with Crippen LogP contribution in [0.3, 0.4) is 0 Å². The Morgan fingerprint density at radius 3 is 2.57 bits per heavy atom. The zero-order valence-electron chi connectivity index (χ0n) is 11.7. The molecule has 2 aromatic carbocycles. The number of hydrogen-bond donors (Lipinski definition) is 0. The molecule has 110 valence electrons. The van der Waals surface area contributed by atoms with Crippen LogP contribution in [-0.4, -0.2) is 12.0 Å². The van der Waals surface area contributed by atoms with Crippen molar-refractivity contribution in [2.24, 2.45) is 0 Å². The number of benzene rings is 2. The van der Waals surface area contributed by atoms with Gasteiger partial charge in [0, 0.05) is 17.7 Å². The first-order chi connectivity index (χ1) is 10.1. The van der Waals surface area contributed by atoms with Gasteiger partial charge in [-0.05, 0) is 24.5 Å². The summed E-state index contributed by atoms with van der Waals surface area (Å²) < 4.78 is 5.25. The number of halogens is 1. The van der Waals surface area contributed by atoms with E-state index in [1.165, 1.54) is 6.07 Å². The van der Waals surface area contributed by atoms with Crippen LogP contribution in [0.4, 0.5) is 5.69 Å².